The molecule has 20 heavy (non-hydrogen) atoms. The predicted molar refractivity (Wildman–Crippen MR) is 82.9 cm³/mol. The SMILES string of the molecule is CCOc1ccc(OCC)c(NC(=O)[C@@H](N)CC)c1.Cl. The van der Waals surface area contributed by atoms with Gasteiger partial charge in [-0.25, -0.2) is 0 Å². The van der Waals surface area contributed by atoms with Gasteiger partial charge in [-0.1, -0.05) is 6.92 Å². The van der Waals surface area contributed by atoms with Crippen molar-refractivity contribution in [3.05, 3.63) is 18.2 Å². The van der Waals surface area contributed by atoms with E-state index in [1.807, 2.05) is 26.8 Å². The molecule has 0 spiro atoms. The van der Waals surface area contributed by atoms with Crippen LogP contribution in [0.4, 0.5) is 5.69 Å². The summed E-state index contributed by atoms with van der Waals surface area (Å²) in [5.74, 6) is 1.08. The van der Waals surface area contributed by atoms with Crippen LogP contribution < -0.4 is 20.5 Å². The molecule has 0 unspecified atom stereocenters. The van der Waals surface area contributed by atoms with Crippen LogP contribution in [0.25, 0.3) is 0 Å². The molecule has 1 amide bonds. The average molecular weight is 303 g/mol. The fourth-order valence-corrected chi connectivity index (χ4v) is 1.56. The number of nitrogens with two attached hydrogens (primary N) is 1. The molecule has 6 heteroatoms. The third-order valence-corrected chi connectivity index (χ3v) is 2.60. The van der Waals surface area contributed by atoms with Gasteiger partial charge in [-0.05, 0) is 32.4 Å². The fourth-order valence-electron chi connectivity index (χ4n) is 1.56. The third-order valence-electron chi connectivity index (χ3n) is 2.60. The summed E-state index contributed by atoms with van der Waals surface area (Å²) in [6.07, 6.45) is 0.584. The van der Waals surface area contributed by atoms with Crippen LogP contribution in [0.2, 0.25) is 0 Å². The van der Waals surface area contributed by atoms with E-state index in [1.54, 1.807) is 12.1 Å². The zero-order chi connectivity index (χ0) is 14.3. The van der Waals surface area contributed by atoms with Crippen LogP contribution in [0.5, 0.6) is 11.5 Å². The van der Waals surface area contributed by atoms with E-state index in [4.69, 9.17) is 15.2 Å². The molecule has 0 bridgehead atoms. The van der Waals surface area contributed by atoms with E-state index in [2.05, 4.69) is 5.32 Å². The van der Waals surface area contributed by atoms with Gasteiger partial charge < -0.3 is 20.5 Å². The Balaban J connectivity index is 0.00000361. The Kier molecular flexibility index (Phi) is 8.76. The summed E-state index contributed by atoms with van der Waals surface area (Å²) < 4.78 is 10.9. The molecule has 0 aliphatic carbocycles. The first-order valence-corrected chi connectivity index (χ1v) is 6.58. The number of carbonyl (C=O) groups is 1. The lowest BCUT2D eigenvalue weighted by molar-refractivity contribution is -0.117. The summed E-state index contributed by atoms with van der Waals surface area (Å²) in [6, 6.07) is 4.81. The minimum absolute atomic E-state index is 0. The number of ether oxygens (including phenoxy) is 2. The minimum atomic E-state index is -0.523. The maximum atomic E-state index is 11.8. The van der Waals surface area contributed by atoms with Gasteiger partial charge in [0.15, 0.2) is 0 Å². The maximum Gasteiger partial charge on any atom is 0.241 e. The Labute approximate surface area is 126 Å². The molecule has 5 nitrogen and oxygen atoms in total. The van der Waals surface area contributed by atoms with Crippen LogP contribution in [0.3, 0.4) is 0 Å². The van der Waals surface area contributed by atoms with Gasteiger partial charge in [0.1, 0.15) is 11.5 Å². The van der Waals surface area contributed by atoms with Crippen molar-refractivity contribution in [3.63, 3.8) is 0 Å². The van der Waals surface area contributed by atoms with Gasteiger partial charge in [-0.2, -0.15) is 0 Å². The molecule has 0 aliphatic heterocycles. The number of carbonyl (C=O) groups excluding carboxylic acids is 1. The van der Waals surface area contributed by atoms with E-state index < -0.39 is 6.04 Å². The largest absolute Gasteiger partial charge is 0.494 e. The maximum absolute atomic E-state index is 11.8. The van der Waals surface area contributed by atoms with Gasteiger partial charge in [0.25, 0.3) is 0 Å². The Morgan fingerprint density at radius 3 is 2.45 bits per heavy atom. The van der Waals surface area contributed by atoms with Crippen molar-refractivity contribution in [3.8, 4) is 11.5 Å². The average Bonchev–Trinajstić information content (AvgIpc) is 2.41. The molecule has 3 N–H and O–H groups in total. The molecule has 1 atom stereocenters. The lowest BCUT2D eigenvalue weighted by Gasteiger charge is -2.15. The van der Waals surface area contributed by atoms with Crippen molar-refractivity contribution >= 4 is 24.0 Å². The highest BCUT2D eigenvalue weighted by atomic mass is 35.5. The Morgan fingerprint density at radius 2 is 1.90 bits per heavy atom. The predicted octanol–water partition coefficient (Wildman–Crippen LogP) is 2.58. The zero-order valence-corrected chi connectivity index (χ0v) is 13.0. The first-order valence-electron chi connectivity index (χ1n) is 6.58. The van der Waals surface area contributed by atoms with Crippen molar-refractivity contribution in [2.75, 3.05) is 18.5 Å². The molecule has 114 valence electrons. The topological polar surface area (TPSA) is 73.6 Å². The van der Waals surface area contributed by atoms with Crippen LogP contribution in [0.15, 0.2) is 18.2 Å². The van der Waals surface area contributed by atoms with Crippen LogP contribution in [0.1, 0.15) is 27.2 Å². The quantitative estimate of drug-likeness (QED) is 0.812. The molecular weight excluding hydrogens is 280 g/mol. The van der Waals surface area contributed by atoms with Gasteiger partial charge in [-0.3, -0.25) is 4.79 Å². The molecule has 0 saturated heterocycles. The number of nitrogens with one attached hydrogen (secondary N) is 1. The van der Waals surface area contributed by atoms with Gasteiger partial charge >= 0.3 is 0 Å². The van der Waals surface area contributed by atoms with Gasteiger partial charge in [0, 0.05) is 6.07 Å². The van der Waals surface area contributed by atoms with Crippen molar-refractivity contribution in [2.45, 2.75) is 33.2 Å². The first kappa shape index (κ1) is 18.5. The monoisotopic (exact) mass is 302 g/mol. The summed E-state index contributed by atoms with van der Waals surface area (Å²) in [4.78, 5) is 11.8. The van der Waals surface area contributed by atoms with E-state index in [0.29, 0.717) is 36.8 Å². The van der Waals surface area contributed by atoms with Crippen molar-refractivity contribution in [2.24, 2.45) is 5.73 Å². The molecule has 0 radical (unpaired) electrons. The molecule has 0 saturated carbocycles. The molecular formula is C14H23ClN2O3. The minimum Gasteiger partial charge on any atom is -0.494 e. The molecule has 0 aromatic heterocycles. The molecule has 1 aromatic carbocycles. The lowest BCUT2D eigenvalue weighted by atomic mass is 10.2. The molecule has 0 heterocycles. The Morgan fingerprint density at radius 1 is 1.25 bits per heavy atom. The van der Waals surface area contributed by atoms with Gasteiger partial charge in [0.05, 0.1) is 24.9 Å². The summed E-state index contributed by atoms with van der Waals surface area (Å²) >= 11 is 0. The standard InChI is InChI=1S/C14H22N2O3.ClH/c1-4-11(15)14(17)16-12-9-10(18-5-2)7-8-13(12)19-6-3;/h7-9,11H,4-6,15H2,1-3H3,(H,16,17);1H/t11-;/m0./s1. The number of hydrogen-bond donors (Lipinski definition) is 2. The summed E-state index contributed by atoms with van der Waals surface area (Å²) in [5.41, 5.74) is 6.29. The van der Waals surface area contributed by atoms with Gasteiger partial charge in [0.2, 0.25) is 5.91 Å². The van der Waals surface area contributed by atoms with E-state index in [-0.39, 0.29) is 18.3 Å². The number of hydrogen-bond acceptors (Lipinski definition) is 4. The van der Waals surface area contributed by atoms with Crippen LogP contribution in [-0.2, 0) is 4.79 Å². The zero-order valence-electron chi connectivity index (χ0n) is 12.1. The molecule has 1 rings (SSSR count). The number of amides is 1. The smallest absolute Gasteiger partial charge is 0.241 e. The van der Waals surface area contributed by atoms with Crippen LogP contribution in [-0.4, -0.2) is 25.2 Å². The fraction of sp³-hybridized carbons (Fsp3) is 0.500. The molecule has 1 aromatic rings. The third kappa shape index (κ3) is 5.27. The van der Waals surface area contributed by atoms with E-state index >= 15 is 0 Å². The Hall–Kier alpha value is -1.46. The summed E-state index contributed by atoms with van der Waals surface area (Å²) in [7, 11) is 0. The first-order chi connectivity index (χ1) is 9.12. The number of benzene rings is 1. The highest BCUT2D eigenvalue weighted by Gasteiger charge is 2.14. The second kappa shape index (κ2) is 9.44. The van der Waals surface area contributed by atoms with Crippen LogP contribution in [0, 0.1) is 0 Å². The molecule has 0 aliphatic rings. The van der Waals surface area contributed by atoms with Crippen LogP contribution >= 0.6 is 12.4 Å². The van der Waals surface area contributed by atoms with E-state index in [0.717, 1.165) is 0 Å². The number of anilines is 1. The highest BCUT2D eigenvalue weighted by Crippen LogP contribution is 2.29. The molecule has 0 fully saturated rings. The summed E-state index contributed by atoms with van der Waals surface area (Å²) in [5, 5.41) is 2.78. The lowest BCUT2D eigenvalue weighted by Crippen LogP contribution is -2.34. The van der Waals surface area contributed by atoms with Crippen molar-refractivity contribution in [1.29, 1.82) is 0 Å². The normalized spacial score (nSPS) is 11.2. The van der Waals surface area contributed by atoms with Crippen molar-refractivity contribution in [1.82, 2.24) is 0 Å². The van der Waals surface area contributed by atoms with Gasteiger partial charge in [-0.15, -0.1) is 12.4 Å². The second-order valence-corrected chi connectivity index (χ2v) is 4.03. The number of halogens is 1. The van der Waals surface area contributed by atoms with Crippen molar-refractivity contribution < 1.29 is 14.3 Å². The second-order valence-electron chi connectivity index (χ2n) is 4.03. The summed E-state index contributed by atoms with van der Waals surface area (Å²) in [6.45, 7) is 6.75. The Bertz CT molecular complexity index is 427. The van der Waals surface area contributed by atoms with E-state index in [9.17, 15) is 4.79 Å². The van der Waals surface area contributed by atoms with E-state index in [1.165, 1.54) is 0 Å². The highest BCUT2D eigenvalue weighted by molar-refractivity contribution is 5.96. The number of rotatable bonds is 7.